The Morgan fingerprint density at radius 1 is 0.933 bits per heavy atom. The van der Waals surface area contributed by atoms with Crippen molar-refractivity contribution in [1.82, 2.24) is 19.7 Å². The molecule has 8 nitrogen and oxygen atoms in total. The molecule has 4 N–H and O–H groups in total. The number of benzene rings is 1. The fourth-order valence-corrected chi connectivity index (χ4v) is 4.32. The number of nitrogen functional groups attached to an aromatic ring is 1. The van der Waals surface area contributed by atoms with Gasteiger partial charge in [0.2, 0.25) is 10.0 Å². The van der Waals surface area contributed by atoms with Crippen molar-refractivity contribution >= 4 is 26.7 Å². The Bertz CT molecular complexity index is 1310. The van der Waals surface area contributed by atoms with Crippen molar-refractivity contribution < 1.29 is 13.5 Å². The van der Waals surface area contributed by atoms with Crippen molar-refractivity contribution in [3.05, 3.63) is 67.3 Å². The summed E-state index contributed by atoms with van der Waals surface area (Å²) < 4.78 is 27.3. The highest BCUT2D eigenvalue weighted by molar-refractivity contribution is 7.89. The molecule has 0 unspecified atom stereocenters. The van der Waals surface area contributed by atoms with Gasteiger partial charge in [-0.15, -0.1) is 0 Å². The number of nitrogens with two attached hydrogens (primary N) is 1. The zero-order valence-electron chi connectivity index (χ0n) is 15.9. The Morgan fingerprint density at radius 3 is 2.50 bits per heavy atom. The van der Waals surface area contributed by atoms with E-state index in [1.807, 2.05) is 36.4 Å². The van der Waals surface area contributed by atoms with E-state index in [0.29, 0.717) is 5.56 Å². The summed E-state index contributed by atoms with van der Waals surface area (Å²) in [4.78, 5) is 12.4. The molecule has 0 atom stereocenters. The third-order valence-electron chi connectivity index (χ3n) is 4.64. The van der Waals surface area contributed by atoms with Crippen LogP contribution < -0.4 is 10.5 Å². The Kier molecular flexibility index (Phi) is 5.40. The molecule has 4 rings (SSSR count). The van der Waals surface area contributed by atoms with Gasteiger partial charge < -0.3 is 10.8 Å². The smallest absolute Gasteiger partial charge is 0.244 e. The molecule has 0 fully saturated rings. The Morgan fingerprint density at radius 2 is 1.73 bits per heavy atom. The zero-order valence-corrected chi connectivity index (χ0v) is 16.7. The molecule has 3 heterocycles. The summed E-state index contributed by atoms with van der Waals surface area (Å²) in [6.07, 6.45) is 6.74. The maximum absolute atomic E-state index is 12.5. The van der Waals surface area contributed by atoms with Crippen molar-refractivity contribution in [2.75, 3.05) is 18.9 Å². The molecule has 152 valence electrons. The summed E-state index contributed by atoms with van der Waals surface area (Å²) in [6.45, 7) is -0.426. The maximum atomic E-state index is 12.5. The summed E-state index contributed by atoms with van der Waals surface area (Å²) in [5.74, 6) is -0.107. The first-order valence-corrected chi connectivity index (χ1v) is 10.6. The van der Waals surface area contributed by atoms with Gasteiger partial charge in [0.15, 0.2) is 0 Å². The predicted octanol–water partition coefficient (Wildman–Crippen LogP) is 2.21. The number of nitrogens with zero attached hydrogens (tertiary/aromatic N) is 3. The third kappa shape index (κ3) is 3.86. The topological polar surface area (TPSA) is 131 Å². The average molecular weight is 421 g/mol. The van der Waals surface area contributed by atoms with E-state index < -0.39 is 10.0 Å². The first-order valence-electron chi connectivity index (χ1n) is 9.15. The fourth-order valence-electron chi connectivity index (χ4n) is 3.20. The molecule has 0 saturated heterocycles. The number of aliphatic hydroxyl groups is 1. The van der Waals surface area contributed by atoms with Crippen molar-refractivity contribution in [1.29, 1.82) is 0 Å². The quantitative estimate of drug-likeness (QED) is 0.435. The SMILES string of the molecule is Nc1ncc(-c2ccc3nccc(-c4ccncc4)c3c2)cc1S(=O)(=O)NCCO. The molecule has 3 aromatic heterocycles. The Labute approximate surface area is 173 Å². The highest BCUT2D eigenvalue weighted by Gasteiger charge is 2.19. The minimum atomic E-state index is -3.89. The van der Waals surface area contributed by atoms with Crippen LogP contribution in [0, 0.1) is 0 Å². The van der Waals surface area contributed by atoms with Crippen molar-refractivity contribution in [3.8, 4) is 22.3 Å². The first-order chi connectivity index (χ1) is 14.5. The number of hydrogen-bond donors (Lipinski definition) is 3. The number of anilines is 1. The lowest BCUT2D eigenvalue weighted by atomic mass is 9.98. The van der Waals surface area contributed by atoms with Crippen LogP contribution in [0.4, 0.5) is 5.82 Å². The molecule has 0 amide bonds. The fraction of sp³-hybridized carbons (Fsp3) is 0.0952. The molecule has 30 heavy (non-hydrogen) atoms. The van der Waals surface area contributed by atoms with Crippen LogP contribution >= 0.6 is 0 Å². The number of aliphatic hydroxyl groups excluding tert-OH is 1. The number of hydrogen-bond acceptors (Lipinski definition) is 7. The van der Waals surface area contributed by atoms with Gasteiger partial charge in [-0.25, -0.2) is 18.1 Å². The molecule has 0 aliphatic carbocycles. The van der Waals surface area contributed by atoms with Gasteiger partial charge >= 0.3 is 0 Å². The van der Waals surface area contributed by atoms with Crippen LogP contribution in [0.15, 0.2) is 72.1 Å². The monoisotopic (exact) mass is 421 g/mol. The van der Waals surface area contributed by atoms with Gasteiger partial charge in [0.05, 0.1) is 12.1 Å². The van der Waals surface area contributed by atoms with E-state index in [1.54, 1.807) is 18.6 Å². The molecular weight excluding hydrogens is 402 g/mol. The standard InChI is InChI=1S/C21H19N5O3S/c22-21-20(30(28,29)26-9-10-27)12-16(13-25-21)15-1-2-19-18(11-15)17(5-8-24-19)14-3-6-23-7-4-14/h1-8,11-13,26-27H,9-10H2,(H2,22,25). The first kappa shape index (κ1) is 19.9. The molecule has 0 radical (unpaired) electrons. The number of fused-ring (bicyclic) bond motifs is 1. The van der Waals surface area contributed by atoms with Gasteiger partial charge in [-0.05, 0) is 53.1 Å². The molecule has 1 aromatic carbocycles. The second kappa shape index (κ2) is 8.15. The Balaban J connectivity index is 1.84. The second-order valence-corrected chi connectivity index (χ2v) is 8.29. The maximum Gasteiger partial charge on any atom is 0.244 e. The largest absolute Gasteiger partial charge is 0.395 e. The van der Waals surface area contributed by atoms with Crippen molar-refractivity contribution in [3.63, 3.8) is 0 Å². The highest BCUT2D eigenvalue weighted by atomic mass is 32.2. The summed E-state index contributed by atoms with van der Waals surface area (Å²) in [5.41, 5.74) is 9.99. The summed E-state index contributed by atoms with van der Waals surface area (Å²) in [6, 6.07) is 12.9. The molecule has 0 aliphatic rings. The minimum Gasteiger partial charge on any atom is -0.395 e. The van der Waals surface area contributed by atoms with Crippen LogP contribution in [-0.2, 0) is 10.0 Å². The van der Waals surface area contributed by atoms with Crippen LogP contribution in [0.2, 0.25) is 0 Å². The van der Waals surface area contributed by atoms with Crippen molar-refractivity contribution in [2.45, 2.75) is 4.90 Å². The number of pyridine rings is 3. The molecule has 0 saturated carbocycles. The second-order valence-electron chi connectivity index (χ2n) is 6.56. The molecule has 0 bridgehead atoms. The van der Waals surface area contributed by atoms with Crippen LogP contribution in [0.3, 0.4) is 0 Å². The molecular formula is C21H19N5O3S. The summed E-state index contributed by atoms with van der Waals surface area (Å²) >= 11 is 0. The lowest BCUT2D eigenvalue weighted by Gasteiger charge is -2.11. The predicted molar refractivity (Wildman–Crippen MR) is 115 cm³/mol. The van der Waals surface area contributed by atoms with Crippen LogP contribution in [0.1, 0.15) is 0 Å². The number of sulfonamides is 1. The van der Waals surface area contributed by atoms with Gasteiger partial charge in [-0.1, -0.05) is 6.07 Å². The Hall–Kier alpha value is -3.40. The van der Waals surface area contributed by atoms with E-state index in [1.165, 1.54) is 12.3 Å². The highest BCUT2D eigenvalue weighted by Crippen LogP contribution is 2.32. The zero-order chi connectivity index (χ0) is 21.1. The van der Waals surface area contributed by atoms with E-state index >= 15 is 0 Å². The van der Waals surface area contributed by atoms with Gasteiger partial charge in [0.1, 0.15) is 10.7 Å². The summed E-state index contributed by atoms with van der Waals surface area (Å²) in [7, 11) is -3.89. The van der Waals surface area contributed by atoms with Gasteiger partial charge in [0.25, 0.3) is 0 Å². The molecule has 4 aromatic rings. The molecule has 0 spiro atoms. The van der Waals surface area contributed by atoms with E-state index in [2.05, 4.69) is 19.7 Å². The van der Waals surface area contributed by atoms with Crippen LogP contribution in [-0.4, -0.2) is 41.6 Å². The van der Waals surface area contributed by atoms with Gasteiger partial charge in [-0.3, -0.25) is 9.97 Å². The number of rotatable bonds is 6. The van der Waals surface area contributed by atoms with Gasteiger partial charge in [-0.2, -0.15) is 0 Å². The lowest BCUT2D eigenvalue weighted by Crippen LogP contribution is -2.27. The number of nitrogens with one attached hydrogen (secondary N) is 1. The van der Waals surface area contributed by atoms with Crippen LogP contribution in [0.5, 0.6) is 0 Å². The van der Waals surface area contributed by atoms with Crippen molar-refractivity contribution in [2.24, 2.45) is 0 Å². The lowest BCUT2D eigenvalue weighted by molar-refractivity contribution is 0.301. The van der Waals surface area contributed by atoms with E-state index in [0.717, 1.165) is 27.6 Å². The van der Waals surface area contributed by atoms with Gasteiger partial charge in [0, 0.05) is 42.3 Å². The average Bonchev–Trinajstić information content (AvgIpc) is 2.78. The molecule has 9 heteroatoms. The summed E-state index contributed by atoms with van der Waals surface area (Å²) in [5, 5.41) is 9.83. The van der Waals surface area contributed by atoms with E-state index in [4.69, 9.17) is 10.8 Å². The van der Waals surface area contributed by atoms with E-state index in [9.17, 15) is 8.42 Å². The molecule has 0 aliphatic heterocycles. The van der Waals surface area contributed by atoms with E-state index in [-0.39, 0.29) is 23.9 Å². The number of aromatic nitrogens is 3. The minimum absolute atomic E-state index is 0.107. The third-order valence-corrected chi connectivity index (χ3v) is 6.13. The normalized spacial score (nSPS) is 11.6. The van der Waals surface area contributed by atoms with Crippen LogP contribution in [0.25, 0.3) is 33.2 Å².